The Morgan fingerprint density at radius 2 is 1.56 bits per heavy atom. The average molecular weight is 562 g/mol. The molecule has 0 aliphatic carbocycles. The Bertz CT molecular complexity index is 1360. The van der Waals surface area contributed by atoms with E-state index < -0.39 is 29.9 Å². The van der Waals surface area contributed by atoms with E-state index in [0.717, 1.165) is 0 Å². The van der Waals surface area contributed by atoms with Crippen molar-refractivity contribution in [2.75, 3.05) is 32.8 Å². The number of nitrogens with zero attached hydrogens (tertiary/aromatic N) is 4. The fourth-order valence-electron chi connectivity index (χ4n) is 4.22. The second-order valence-corrected chi connectivity index (χ2v) is 9.17. The number of hydrogen-bond acceptors (Lipinski definition) is 8. The molecule has 3 amide bonds. The van der Waals surface area contributed by atoms with E-state index in [1.165, 1.54) is 15.9 Å². The quantitative estimate of drug-likeness (QED) is 0.380. The van der Waals surface area contributed by atoms with E-state index in [1.807, 2.05) is 24.3 Å². The maximum Gasteiger partial charge on any atom is 0.409 e. The first-order chi connectivity index (χ1) is 19.8. The number of amides is 3. The Balaban J connectivity index is 1.55. The first kappa shape index (κ1) is 29.0. The van der Waals surface area contributed by atoms with Crippen molar-refractivity contribution < 1.29 is 33.8 Å². The number of benzene rings is 2. The molecule has 1 aliphatic rings. The van der Waals surface area contributed by atoms with Crippen LogP contribution < -0.4 is 10.1 Å². The molecule has 2 aromatic carbocycles. The minimum Gasteiger partial charge on any atom is -0.481 e. The molecule has 1 unspecified atom stereocenters. The van der Waals surface area contributed by atoms with Gasteiger partial charge in [0.1, 0.15) is 17.5 Å². The van der Waals surface area contributed by atoms with E-state index in [9.17, 15) is 24.3 Å². The van der Waals surface area contributed by atoms with Crippen LogP contribution in [0.4, 0.5) is 4.79 Å². The summed E-state index contributed by atoms with van der Waals surface area (Å²) in [6, 6.07) is 18.2. The number of ether oxygens (including phenoxy) is 2. The molecule has 3 aromatic rings. The summed E-state index contributed by atoms with van der Waals surface area (Å²) in [5.74, 6) is -1.35. The molecule has 1 aromatic heterocycles. The number of hydrogen-bond donors (Lipinski definition) is 2. The van der Waals surface area contributed by atoms with Gasteiger partial charge in [0.2, 0.25) is 11.8 Å². The Hall–Kier alpha value is -5.00. The highest BCUT2D eigenvalue weighted by molar-refractivity contribution is 5.96. The van der Waals surface area contributed by atoms with Gasteiger partial charge in [-0.25, -0.2) is 9.78 Å². The van der Waals surface area contributed by atoms with Gasteiger partial charge >= 0.3 is 12.1 Å². The zero-order valence-electron chi connectivity index (χ0n) is 22.6. The first-order valence-corrected chi connectivity index (χ1v) is 13.2. The Kier molecular flexibility index (Phi) is 9.81. The minimum absolute atomic E-state index is 0.0509. The predicted molar refractivity (Wildman–Crippen MR) is 147 cm³/mol. The summed E-state index contributed by atoms with van der Waals surface area (Å²) >= 11 is 0. The third-order valence-electron chi connectivity index (χ3n) is 6.30. The van der Waals surface area contributed by atoms with Crippen LogP contribution in [-0.4, -0.2) is 87.6 Å². The van der Waals surface area contributed by atoms with Crippen LogP contribution in [-0.2, 0) is 14.3 Å². The zero-order chi connectivity index (χ0) is 29.2. The molecule has 2 heterocycles. The molecule has 214 valence electrons. The minimum atomic E-state index is -1.12. The lowest BCUT2D eigenvalue weighted by molar-refractivity contribution is -0.138. The maximum atomic E-state index is 13.4. The van der Waals surface area contributed by atoms with E-state index in [2.05, 4.69) is 15.3 Å². The van der Waals surface area contributed by atoms with Gasteiger partial charge in [-0.1, -0.05) is 48.5 Å². The molecule has 4 rings (SSSR count). The van der Waals surface area contributed by atoms with Gasteiger partial charge in [0.15, 0.2) is 5.82 Å². The summed E-state index contributed by atoms with van der Waals surface area (Å²) in [5.41, 5.74) is 0.600. The van der Waals surface area contributed by atoms with Crippen LogP contribution in [0.3, 0.4) is 0 Å². The number of aromatic nitrogens is 2. The van der Waals surface area contributed by atoms with Gasteiger partial charge in [-0.05, 0) is 25.5 Å². The van der Waals surface area contributed by atoms with E-state index in [0.29, 0.717) is 11.3 Å². The smallest absolute Gasteiger partial charge is 0.409 e. The Labute approximate surface area is 236 Å². The summed E-state index contributed by atoms with van der Waals surface area (Å²) in [7, 11) is 0. The SMILES string of the molecule is CCOC(=O)N1CCN(C(=O)C(CCC(=O)O)NC(=O)c2cc(Oc3ccccc3)nc(-c3ccccc3)n2)CC1. The second kappa shape index (κ2) is 13.9. The summed E-state index contributed by atoms with van der Waals surface area (Å²) in [4.78, 5) is 62.1. The van der Waals surface area contributed by atoms with Gasteiger partial charge in [0.25, 0.3) is 5.91 Å². The highest BCUT2D eigenvalue weighted by Crippen LogP contribution is 2.24. The molecule has 2 N–H and O–H groups in total. The van der Waals surface area contributed by atoms with Gasteiger partial charge in [0, 0.05) is 44.2 Å². The summed E-state index contributed by atoms with van der Waals surface area (Å²) in [6.45, 7) is 2.92. The molecular formula is C29H31N5O7. The highest BCUT2D eigenvalue weighted by Gasteiger charge is 2.31. The number of piperazine rings is 1. The van der Waals surface area contributed by atoms with Crippen LogP contribution in [0.15, 0.2) is 66.7 Å². The van der Waals surface area contributed by atoms with Crippen LogP contribution in [0, 0.1) is 0 Å². The highest BCUT2D eigenvalue weighted by atomic mass is 16.6. The van der Waals surface area contributed by atoms with Crippen LogP contribution in [0.25, 0.3) is 11.4 Å². The van der Waals surface area contributed by atoms with Crippen molar-refractivity contribution in [3.8, 4) is 23.0 Å². The van der Waals surface area contributed by atoms with Crippen molar-refractivity contribution in [1.82, 2.24) is 25.1 Å². The van der Waals surface area contributed by atoms with Crippen LogP contribution >= 0.6 is 0 Å². The Morgan fingerprint density at radius 3 is 2.20 bits per heavy atom. The summed E-state index contributed by atoms with van der Waals surface area (Å²) < 4.78 is 10.9. The molecule has 0 radical (unpaired) electrons. The topological polar surface area (TPSA) is 151 Å². The number of aliphatic carboxylic acids is 1. The number of carbonyl (C=O) groups excluding carboxylic acids is 3. The van der Waals surface area contributed by atoms with E-state index in [-0.39, 0.29) is 63.0 Å². The standard InChI is InChI=1S/C29H31N5O7/c1-2-40-29(39)34-17-15-33(16-18-34)28(38)22(13-14-25(35)36)31-27(37)23-19-24(41-21-11-7-4-8-12-21)32-26(30-23)20-9-5-3-6-10-20/h3-12,19,22H,2,13-18H2,1H3,(H,31,37)(H,35,36). The van der Waals surface area contributed by atoms with Crippen LogP contribution in [0.2, 0.25) is 0 Å². The van der Waals surface area contributed by atoms with Gasteiger partial charge in [-0.2, -0.15) is 4.98 Å². The second-order valence-electron chi connectivity index (χ2n) is 9.17. The Morgan fingerprint density at radius 1 is 0.927 bits per heavy atom. The van der Waals surface area contributed by atoms with Crippen molar-refractivity contribution in [3.63, 3.8) is 0 Å². The van der Waals surface area contributed by atoms with Crippen molar-refractivity contribution in [2.24, 2.45) is 0 Å². The fraction of sp³-hybridized carbons (Fsp3) is 0.310. The monoisotopic (exact) mass is 561 g/mol. The van der Waals surface area contributed by atoms with Crippen molar-refractivity contribution in [2.45, 2.75) is 25.8 Å². The van der Waals surface area contributed by atoms with Gasteiger partial charge in [-0.15, -0.1) is 0 Å². The number of carboxylic acid groups (broad SMARTS) is 1. The molecule has 0 saturated carbocycles. The number of carbonyl (C=O) groups is 4. The normalized spacial score (nSPS) is 13.7. The maximum absolute atomic E-state index is 13.4. The van der Waals surface area contributed by atoms with Crippen LogP contribution in [0.5, 0.6) is 11.6 Å². The zero-order valence-corrected chi connectivity index (χ0v) is 22.6. The average Bonchev–Trinajstić information content (AvgIpc) is 2.99. The molecule has 12 nitrogen and oxygen atoms in total. The van der Waals surface area contributed by atoms with Crippen molar-refractivity contribution in [1.29, 1.82) is 0 Å². The molecule has 0 spiro atoms. The lowest BCUT2D eigenvalue weighted by atomic mass is 10.1. The molecule has 1 atom stereocenters. The van der Waals surface area contributed by atoms with Crippen molar-refractivity contribution in [3.05, 3.63) is 72.4 Å². The van der Waals surface area contributed by atoms with Gasteiger partial charge < -0.3 is 29.7 Å². The molecule has 12 heteroatoms. The molecule has 1 fully saturated rings. The third-order valence-corrected chi connectivity index (χ3v) is 6.30. The molecule has 1 aliphatic heterocycles. The van der Waals surface area contributed by atoms with E-state index in [4.69, 9.17) is 9.47 Å². The lowest BCUT2D eigenvalue weighted by Crippen LogP contribution is -2.56. The van der Waals surface area contributed by atoms with Crippen LogP contribution in [0.1, 0.15) is 30.3 Å². The lowest BCUT2D eigenvalue weighted by Gasteiger charge is -2.35. The van der Waals surface area contributed by atoms with E-state index in [1.54, 1.807) is 43.3 Å². The van der Waals surface area contributed by atoms with Gasteiger partial charge in [0.05, 0.1) is 6.61 Å². The molecule has 0 bridgehead atoms. The summed E-state index contributed by atoms with van der Waals surface area (Å²) in [6.07, 6.45) is -0.912. The predicted octanol–water partition coefficient (Wildman–Crippen LogP) is 3.20. The molecule has 1 saturated heterocycles. The number of para-hydroxylation sites is 1. The number of nitrogens with one attached hydrogen (secondary N) is 1. The summed E-state index contributed by atoms with van der Waals surface area (Å²) in [5, 5.41) is 11.9. The van der Waals surface area contributed by atoms with E-state index >= 15 is 0 Å². The number of rotatable bonds is 10. The molecular weight excluding hydrogens is 530 g/mol. The number of carboxylic acids is 1. The van der Waals surface area contributed by atoms with Crippen molar-refractivity contribution >= 4 is 23.9 Å². The molecule has 41 heavy (non-hydrogen) atoms. The van der Waals surface area contributed by atoms with Gasteiger partial charge in [-0.3, -0.25) is 14.4 Å². The first-order valence-electron chi connectivity index (χ1n) is 13.2. The third kappa shape index (κ3) is 8.01. The fourth-order valence-corrected chi connectivity index (χ4v) is 4.22. The largest absolute Gasteiger partial charge is 0.481 e.